The zero-order valence-corrected chi connectivity index (χ0v) is 68.1. The molecular weight excluding hydrogens is 1450 g/mol. The fraction of sp³-hybridized carbons (Fsp3) is 0.0579. The first-order valence-corrected chi connectivity index (χ1v) is 39.0. The van der Waals surface area contributed by atoms with E-state index in [0.717, 1.165) is 150 Å². The highest BCUT2D eigenvalue weighted by molar-refractivity contribution is 5.84. The highest BCUT2D eigenvalue weighted by atomic mass is 14.2. The Balaban J connectivity index is 0.000000199. The molecule has 15 rings (SSSR count). The predicted molar refractivity (Wildman–Crippen MR) is 514 cm³/mol. The lowest BCUT2D eigenvalue weighted by Crippen LogP contribution is -1.88. The minimum Gasteiger partial charge on any atom is -0.115 e. The van der Waals surface area contributed by atoms with Crippen molar-refractivity contribution in [2.45, 2.75) is 49.0 Å². The summed E-state index contributed by atoms with van der Waals surface area (Å²) in [4.78, 5) is 0. The highest BCUT2D eigenvalue weighted by Gasteiger charge is 2.12. The molecule has 0 heterocycles. The van der Waals surface area contributed by atoms with Crippen LogP contribution in [0.5, 0.6) is 0 Å². The van der Waals surface area contributed by atoms with Gasteiger partial charge in [-0.1, -0.05) is 278 Å². The van der Waals surface area contributed by atoms with Crippen LogP contribution in [0, 0.1) is 144 Å². The van der Waals surface area contributed by atoms with E-state index in [9.17, 15) is 0 Å². The summed E-state index contributed by atoms with van der Waals surface area (Å²) in [7, 11) is 0. The predicted octanol–water partition coefficient (Wildman–Crippen LogP) is 27.1. The van der Waals surface area contributed by atoms with Crippen LogP contribution in [0.1, 0.15) is 132 Å². The summed E-state index contributed by atoms with van der Waals surface area (Å²) in [5.41, 5.74) is 27.5. The maximum absolute atomic E-state index is 5.51. The zero-order valence-electron chi connectivity index (χ0n) is 68.1. The number of benzene rings is 15. The third-order valence-electron chi connectivity index (χ3n) is 18.0. The summed E-state index contributed by atoms with van der Waals surface area (Å²) >= 11 is 0. The molecule has 0 aromatic heterocycles. The van der Waals surface area contributed by atoms with Crippen LogP contribution in [0.4, 0.5) is 0 Å². The van der Waals surface area contributed by atoms with Gasteiger partial charge in [-0.05, 0) is 308 Å². The van der Waals surface area contributed by atoms with Crippen LogP contribution in [0.3, 0.4) is 0 Å². The molecule has 0 amide bonds. The molecule has 0 spiro atoms. The van der Waals surface area contributed by atoms with Crippen LogP contribution in [-0.2, 0) is 0 Å². The van der Waals surface area contributed by atoms with Gasteiger partial charge >= 0.3 is 0 Å². The highest BCUT2D eigenvalue weighted by Crippen LogP contribution is 2.36. The van der Waals surface area contributed by atoms with Crippen molar-refractivity contribution >= 4 is 0 Å². The molecule has 0 fully saturated rings. The molecule has 0 bridgehead atoms. The standard InChI is InChI=1S/C48H30.2C30H18.3C4H6.CH4/c1-4-13-37(14-5-1)25-28-40-19-10-22-43(31-40)46-34-47(44-23-11-20-41(32-44)29-26-38-15-6-2-7-16-38)36-48(35-46)45-24-12-21-42(33-45)30-27-39-17-8-3-9-18-39;1-4-22-7-13-25(14-8-22)28-19-29(26-15-9-23(5-2)10-16-26)21-30(20-28)27-17-11-24(6-3)12-18-27;1-4-10-25(11-5-1)16-19-28-22-29(20-17-26-12-6-2-7-13-26)24-30(23-28)21-18-27-14-8-3-9-15-27;3*1-3-4-2;/h1-24,31-36H;1-3,7-21H;1-15,22-24H;3*1-2H3;1H4. The van der Waals surface area contributed by atoms with Gasteiger partial charge in [0, 0.05) is 83.5 Å². The molecule has 0 N–H and O–H groups in total. The first kappa shape index (κ1) is 88.0. The summed E-state index contributed by atoms with van der Waals surface area (Å²) < 4.78 is 0. The minimum atomic E-state index is 0. The molecule has 15 aromatic rings. The van der Waals surface area contributed by atoms with E-state index >= 15 is 0 Å². The molecule has 0 unspecified atom stereocenters. The molecule has 0 aliphatic heterocycles. The lowest BCUT2D eigenvalue weighted by Gasteiger charge is -2.12. The van der Waals surface area contributed by atoms with Crippen LogP contribution in [0.25, 0.3) is 66.8 Å². The van der Waals surface area contributed by atoms with E-state index in [1.165, 1.54) is 0 Å². The van der Waals surface area contributed by atoms with Gasteiger partial charge in [-0.2, -0.15) is 0 Å². The van der Waals surface area contributed by atoms with Gasteiger partial charge in [-0.15, -0.1) is 54.8 Å². The monoisotopic (exact) mass is 1540 g/mol. The maximum atomic E-state index is 5.51. The fourth-order valence-corrected chi connectivity index (χ4v) is 11.7. The molecule has 0 saturated carbocycles. The molecule has 0 saturated heterocycles. The molecule has 0 aliphatic rings. The van der Waals surface area contributed by atoms with Gasteiger partial charge in [-0.25, -0.2) is 0 Å². The Labute approximate surface area is 720 Å². The average Bonchev–Trinajstić information content (AvgIpc) is 0.797. The van der Waals surface area contributed by atoms with Gasteiger partial charge in [0.25, 0.3) is 0 Å². The van der Waals surface area contributed by atoms with E-state index in [4.69, 9.17) is 19.3 Å². The Morgan fingerprint density at radius 1 is 0.132 bits per heavy atom. The van der Waals surface area contributed by atoms with Gasteiger partial charge < -0.3 is 0 Å². The molecule has 0 aliphatic carbocycles. The van der Waals surface area contributed by atoms with E-state index in [-0.39, 0.29) is 7.43 Å². The topological polar surface area (TPSA) is 0 Å². The van der Waals surface area contributed by atoms with Crippen LogP contribution in [-0.4, -0.2) is 0 Å². The van der Waals surface area contributed by atoms with Crippen LogP contribution in [0.2, 0.25) is 0 Å². The molecule has 572 valence electrons. The first-order valence-electron chi connectivity index (χ1n) is 39.0. The second-order valence-electron chi connectivity index (χ2n) is 26.5. The van der Waals surface area contributed by atoms with Crippen LogP contribution < -0.4 is 0 Å². The summed E-state index contributed by atoms with van der Waals surface area (Å²) in [5, 5.41) is 0. The van der Waals surface area contributed by atoms with E-state index in [1.807, 2.05) is 278 Å². The molecule has 15 aromatic carbocycles. The van der Waals surface area contributed by atoms with Gasteiger partial charge in [-0.3, -0.25) is 0 Å². The van der Waals surface area contributed by atoms with Gasteiger partial charge in [0.2, 0.25) is 0 Å². The molecule has 121 heavy (non-hydrogen) atoms. The molecular formula is C121H88. The third-order valence-corrected chi connectivity index (χ3v) is 18.0. The molecule has 0 radical (unpaired) electrons. The summed E-state index contributed by atoms with van der Waals surface area (Å²) in [6.45, 7) is 10.9. The van der Waals surface area contributed by atoms with Crippen molar-refractivity contribution in [2.75, 3.05) is 0 Å². The smallest absolute Gasteiger partial charge is 0.0273 e. The van der Waals surface area contributed by atoms with E-state index < -0.39 is 0 Å². The van der Waals surface area contributed by atoms with E-state index in [2.05, 4.69) is 270 Å². The zero-order chi connectivity index (χ0) is 84.0. The Morgan fingerprint density at radius 3 is 0.479 bits per heavy atom. The average molecular weight is 1540 g/mol. The maximum Gasteiger partial charge on any atom is 0.0273 e. The summed E-state index contributed by atoms with van der Waals surface area (Å²) in [6, 6.07) is 129. The van der Waals surface area contributed by atoms with Gasteiger partial charge in [0.05, 0.1) is 0 Å². The van der Waals surface area contributed by atoms with Crippen LogP contribution >= 0.6 is 0 Å². The first-order chi connectivity index (χ1) is 59.0. The number of hydrogen-bond donors (Lipinski definition) is 0. The number of rotatable bonds is 6. The largest absolute Gasteiger partial charge is 0.115 e. The van der Waals surface area contributed by atoms with Crippen molar-refractivity contribution in [1.82, 2.24) is 0 Å². The Morgan fingerprint density at radius 2 is 0.298 bits per heavy atom. The number of hydrogen-bond acceptors (Lipinski definition) is 0. The molecule has 0 heteroatoms. The van der Waals surface area contributed by atoms with Gasteiger partial charge in [0.1, 0.15) is 0 Å². The van der Waals surface area contributed by atoms with Crippen molar-refractivity contribution in [3.05, 3.63) is 466 Å². The van der Waals surface area contributed by atoms with Crippen molar-refractivity contribution in [3.63, 3.8) is 0 Å². The minimum absolute atomic E-state index is 0. The van der Waals surface area contributed by atoms with E-state index in [1.54, 1.807) is 0 Å². The Bertz CT molecular complexity index is 6000. The quantitative estimate of drug-likeness (QED) is 0.146. The summed E-state index contributed by atoms with van der Waals surface area (Å²) in [5.74, 6) is 63.5. The van der Waals surface area contributed by atoms with Crippen LogP contribution in [0.15, 0.2) is 382 Å². The van der Waals surface area contributed by atoms with Crippen molar-refractivity contribution in [1.29, 1.82) is 0 Å². The lowest BCUT2D eigenvalue weighted by molar-refractivity contribution is 1.54. The SMILES string of the molecule is C.C#Cc1ccc(-c2cc(-c3ccc(C#C)cc3)cc(-c3ccc(C#C)cc3)c2)cc1.C(#Cc1cc(C#Cc2ccccc2)cc(C#Cc2ccccc2)c1)c1ccccc1.C(#Cc1cccc(-c2cc(-c3cccc(C#Cc4ccccc4)c3)cc(-c3cccc(C#Cc4ccccc4)c3)c2)c1)c1ccccc1.CC#CC.CC#CC.CC#CC. The number of terminal acetylenes is 3. The Kier molecular flexibility index (Phi) is 35.6. The third kappa shape index (κ3) is 29.1. The Hall–Kier alpha value is -17.0. The van der Waals surface area contributed by atoms with Crippen molar-refractivity contribution in [3.8, 4) is 210 Å². The second kappa shape index (κ2) is 48.9. The van der Waals surface area contributed by atoms with Crippen molar-refractivity contribution in [2.24, 2.45) is 0 Å². The van der Waals surface area contributed by atoms with Crippen molar-refractivity contribution < 1.29 is 0 Å². The normalized spacial score (nSPS) is 9.05. The van der Waals surface area contributed by atoms with E-state index in [0.29, 0.717) is 0 Å². The lowest BCUT2D eigenvalue weighted by atomic mass is 9.92. The fourth-order valence-electron chi connectivity index (χ4n) is 11.7. The molecule has 0 nitrogen and oxygen atoms in total. The summed E-state index contributed by atoms with van der Waals surface area (Å²) in [6.07, 6.45) is 16.5. The molecule has 0 atom stereocenters. The van der Waals surface area contributed by atoms with Gasteiger partial charge in [0.15, 0.2) is 0 Å². The second-order valence-corrected chi connectivity index (χ2v) is 26.5.